The summed E-state index contributed by atoms with van der Waals surface area (Å²) in [5.74, 6) is -5.21. The lowest BCUT2D eigenvalue weighted by Crippen LogP contribution is -2.54. The van der Waals surface area contributed by atoms with Crippen molar-refractivity contribution in [2.24, 2.45) is 17.0 Å². The van der Waals surface area contributed by atoms with Gasteiger partial charge in [0.2, 0.25) is 10.0 Å². The van der Waals surface area contributed by atoms with Crippen LogP contribution in [-0.2, 0) is 10.0 Å². The van der Waals surface area contributed by atoms with Crippen LogP contribution in [0.4, 0.5) is 43.9 Å². The van der Waals surface area contributed by atoms with Gasteiger partial charge in [0.1, 0.15) is 0 Å². The number of nitrogens with two attached hydrogens (primary N) is 1. The topological polar surface area (TPSA) is 60.2 Å². The van der Waals surface area contributed by atoms with Crippen molar-refractivity contribution in [3.05, 3.63) is 0 Å². The summed E-state index contributed by atoms with van der Waals surface area (Å²) in [5.41, 5.74) is -5.71. The summed E-state index contributed by atoms with van der Waals surface area (Å²) in [6.45, 7) is 0.522. The number of alkyl halides is 10. The molecule has 0 rings (SSSR count). The average Bonchev–Trinajstić information content (AvgIpc) is 2.32. The second kappa shape index (κ2) is 8.07. The lowest BCUT2D eigenvalue weighted by Gasteiger charge is -2.34. The summed E-state index contributed by atoms with van der Waals surface area (Å²) in [6.07, 6.45) is -22.7. The molecule has 0 saturated carbocycles. The lowest BCUT2D eigenvalue weighted by molar-refractivity contribution is -0.346. The first-order chi connectivity index (χ1) is 11.2. The van der Waals surface area contributed by atoms with Crippen LogP contribution in [0.15, 0.2) is 0 Å². The Kier molecular flexibility index (Phi) is 7.82. The fraction of sp³-hybridized carbons (Fsp3) is 1.00. The molecule has 26 heavy (non-hydrogen) atoms. The number of sulfonamides is 1. The number of hydrogen-bond donors (Lipinski definition) is 1. The predicted octanol–water partition coefficient (Wildman–Crippen LogP) is 4.48. The Bertz CT molecular complexity index is 538. The minimum absolute atomic E-state index is 0.522. The first kappa shape index (κ1) is 25.2. The van der Waals surface area contributed by atoms with Gasteiger partial charge in [-0.2, -0.15) is 39.5 Å². The normalized spacial score (nSPS) is 17.2. The minimum atomic E-state index is -6.40. The highest BCUT2D eigenvalue weighted by molar-refractivity contribution is 7.89. The van der Waals surface area contributed by atoms with E-state index in [9.17, 15) is 52.3 Å². The quantitative estimate of drug-likeness (QED) is 0.579. The Labute approximate surface area is 143 Å². The van der Waals surface area contributed by atoms with E-state index in [1.807, 2.05) is 0 Å². The molecule has 0 amide bonds. The van der Waals surface area contributed by atoms with E-state index in [0.717, 1.165) is 0 Å². The molecule has 2 unspecified atom stereocenters. The van der Waals surface area contributed by atoms with E-state index < -0.39 is 77.5 Å². The first-order valence-corrected chi connectivity index (χ1v) is 8.82. The zero-order chi connectivity index (χ0) is 21.2. The Balaban J connectivity index is 5.54. The molecule has 158 valence electrons. The molecule has 0 heterocycles. The van der Waals surface area contributed by atoms with E-state index in [0.29, 0.717) is 6.92 Å². The highest BCUT2D eigenvalue weighted by Gasteiger charge is 2.72. The molecule has 0 aliphatic carbocycles. The molecule has 0 radical (unpaired) electrons. The van der Waals surface area contributed by atoms with Crippen molar-refractivity contribution >= 4 is 10.0 Å². The van der Waals surface area contributed by atoms with Crippen LogP contribution in [0, 0.1) is 11.8 Å². The molecular weight excluding hydrogens is 412 g/mol. The second-order valence-electron chi connectivity index (χ2n) is 6.05. The SMILES string of the molecule is CC(CC(CCCS(N)(=O)=O)CC(F)(C(F)(F)F)C(F)(F)F)C(F)(F)F. The molecule has 0 aliphatic heterocycles. The molecule has 0 aliphatic rings. The molecule has 0 aromatic heterocycles. The van der Waals surface area contributed by atoms with Crippen LogP contribution in [-0.4, -0.2) is 38.4 Å². The Morgan fingerprint density at radius 2 is 1.31 bits per heavy atom. The standard InChI is InChI=1S/C12H17F10NO2S/c1-7(10(14,15)16)5-8(3-2-4-26(23,24)25)6-9(13,11(17,18)19)12(20,21)22/h7-8H,2-6H2,1H3,(H2,23,24,25). The smallest absolute Gasteiger partial charge is 0.229 e. The van der Waals surface area contributed by atoms with Crippen molar-refractivity contribution in [1.29, 1.82) is 0 Å². The van der Waals surface area contributed by atoms with Crippen LogP contribution < -0.4 is 5.14 Å². The van der Waals surface area contributed by atoms with Crippen molar-refractivity contribution in [2.45, 2.75) is 56.8 Å². The highest BCUT2D eigenvalue weighted by Crippen LogP contribution is 2.51. The van der Waals surface area contributed by atoms with E-state index in [-0.39, 0.29) is 0 Å². The van der Waals surface area contributed by atoms with Gasteiger partial charge in [-0.25, -0.2) is 17.9 Å². The van der Waals surface area contributed by atoms with E-state index in [2.05, 4.69) is 5.14 Å². The number of rotatable bonds is 8. The van der Waals surface area contributed by atoms with Gasteiger partial charge in [0.25, 0.3) is 5.67 Å². The first-order valence-electron chi connectivity index (χ1n) is 7.10. The van der Waals surface area contributed by atoms with E-state index in [1.165, 1.54) is 0 Å². The number of primary sulfonamides is 1. The van der Waals surface area contributed by atoms with Crippen LogP contribution in [0.5, 0.6) is 0 Å². The Morgan fingerprint density at radius 1 is 0.885 bits per heavy atom. The van der Waals surface area contributed by atoms with Crippen LogP contribution in [0.3, 0.4) is 0 Å². The van der Waals surface area contributed by atoms with Gasteiger partial charge < -0.3 is 0 Å². The molecule has 0 aromatic rings. The van der Waals surface area contributed by atoms with Crippen molar-refractivity contribution in [2.75, 3.05) is 5.75 Å². The van der Waals surface area contributed by atoms with Gasteiger partial charge in [-0.1, -0.05) is 6.92 Å². The molecule has 0 fully saturated rings. The van der Waals surface area contributed by atoms with Crippen molar-refractivity contribution < 1.29 is 52.3 Å². The van der Waals surface area contributed by atoms with E-state index >= 15 is 0 Å². The monoisotopic (exact) mass is 429 g/mol. The van der Waals surface area contributed by atoms with E-state index in [4.69, 9.17) is 0 Å². The summed E-state index contributed by atoms with van der Waals surface area (Å²) in [7, 11) is -4.14. The van der Waals surface area contributed by atoms with Crippen LogP contribution >= 0.6 is 0 Å². The van der Waals surface area contributed by atoms with Crippen molar-refractivity contribution in [3.8, 4) is 0 Å². The van der Waals surface area contributed by atoms with Gasteiger partial charge in [0.15, 0.2) is 0 Å². The Hall–Kier alpha value is -0.790. The second-order valence-corrected chi connectivity index (χ2v) is 7.79. The molecular formula is C12H17F10NO2S. The molecule has 0 bridgehead atoms. The molecule has 14 heteroatoms. The van der Waals surface area contributed by atoms with Gasteiger partial charge in [-0.15, -0.1) is 0 Å². The largest absolute Gasteiger partial charge is 0.431 e. The van der Waals surface area contributed by atoms with Crippen molar-refractivity contribution in [3.63, 3.8) is 0 Å². The van der Waals surface area contributed by atoms with E-state index in [1.54, 1.807) is 0 Å². The number of hydrogen-bond acceptors (Lipinski definition) is 2. The van der Waals surface area contributed by atoms with Gasteiger partial charge in [0.05, 0.1) is 11.7 Å². The maximum atomic E-state index is 13.8. The molecule has 0 aromatic carbocycles. The highest BCUT2D eigenvalue weighted by atomic mass is 32.2. The summed E-state index contributed by atoms with van der Waals surface area (Å²) in [5, 5.41) is 4.62. The third-order valence-electron chi connectivity index (χ3n) is 3.76. The fourth-order valence-corrected chi connectivity index (χ4v) is 2.87. The molecule has 0 spiro atoms. The third kappa shape index (κ3) is 7.45. The zero-order valence-electron chi connectivity index (χ0n) is 13.3. The molecule has 2 N–H and O–H groups in total. The fourth-order valence-electron chi connectivity index (χ4n) is 2.30. The molecule has 0 saturated heterocycles. The lowest BCUT2D eigenvalue weighted by atomic mass is 9.82. The minimum Gasteiger partial charge on any atom is -0.229 e. The molecule has 3 nitrogen and oxygen atoms in total. The van der Waals surface area contributed by atoms with Crippen LogP contribution in [0.25, 0.3) is 0 Å². The van der Waals surface area contributed by atoms with Crippen molar-refractivity contribution in [1.82, 2.24) is 0 Å². The third-order valence-corrected chi connectivity index (χ3v) is 4.61. The van der Waals surface area contributed by atoms with Gasteiger partial charge >= 0.3 is 18.5 Å². The van der Waals surface area contributed by atoms with Crippen LogP contribution in [0.1, 0.15) is 32.6 Å². The average molecular weight is 429 g/mol. The van der Waals surface area contributed by atoms with Gasteiger partial charge in [0, 0.05) is 6.42 Å². The number of halogens is 10. The molecule has 2 atom stereocenters. The summed E-state index contributed by atoms with van der Waals surface area (Å²) < 4.78 is 149. The van der Waals surface area contributed by atoms with Gasteiger partial charge in [-0.05, 0) is 25.2 Å². The summed E-state index contributed by atoms with van der Waals surface area (Å²) in [6, 6.07) is 0. The Morgan fingerprint density at radius 3 is 1.62 bits per heavy atom. The predicted molar refractivity (Wildman–Crippen MR) is 71.1 cm³/mol. The maximum Gasteiger partial charge on any atom is 0.431 e. The maximum absolute atomic E-state index is 13.8. The zero-order valence-corrected chi connectivity index (χ0v) is 14.1. The summed E-state index contributed by atoms with van der Waals surface area (Å²) in [4.78, 5) is 0. The summed E-state index contributed by atoms with van der Waals surface area (Å²) >= 11 is 0. The van der Waals surface area contributed by atoms with Crippen LogP contribution in [0.2, 0.25) is 0 Å². The van der Waals surface area contributed by atoms with Gasteiger partial charge in [-0.3, -0.25) is 0 Å².